The van der Waals surface area contributed by atoms with Crippen LogP contribution in [0, 0.1) is 27.7 Å². The SMILES string of the molecule is Cc1cc(C)c(-c2oc(CN)nc2C)c(C)c1. The molecule has 0 saturated heterocycles. The van der Waals surface area contributed by atoms with Crippen LogP contribution < -0.4 is 5.73 Å². The highest BCUT2D eigenvalue weighted by Gasteiger charge is 2.15. The Labute approximate surface area is 102 Å². The highest BCUT2D eigenvalue weighted by Crippen LogP contribution is 2.31. The van der Waals surface area contributed by atoms with Gasteiger partial charge in [0.1, 0.15) is 0 Å². The number of aromatic nitrogens is 1. The molecular formula is C14H18N2O. The third kappa shape index (κ3) is 2.11. The first-order chi connectivity index (χ1) is 8.02. The van der Waals surface area contributed by atoms with E-state index in [0.717, 1.165) is 17.0 Å². The van der Waals surface area contributed by atoms with Gasteiger partial charge in [-0.25, -0.2) is 4.98 Å². The summed E-state index contributed by atoms with van der Waals surface area (Å²) in [7, 11) is 0. The second-order valence-electron chi connectivity index (χ2n) is 4.50. The molecule has 0 spiro atoms. The molecule has 90 valence electrons. The van der Waals surface area contributed by atoms with E-state index >= 15 is 0 Å². The largest absolute Gasteiger partial charge is 0.439 e. The van der Waals surface area contributed by atoms with E-state index in [0.29, 0.717) is 12.4 Å². The van der Waals surface area contributed by atoms with E-state index in [1.807, 2.05) is 6.92 Å². The molecule has 0 amide bonds. The van der Waals surface area contributed by atoms with Crippen LogP contribution in [0.4, 0.5) is 0 Å². The van der Waals surface area contributed by atoms with Crippen LogP contribution in [0.2, 0.25) is 0 Å². The molecule has 0 atom stereocenters. The summed E-state index contributed by atoms with van der Waals surface area (Å²) in [5.41, 5.74) is 11.3. The summed E-state index contributed by atoms with van der Waals surface area (Å²) in [4.78, 5) is 4.32. The lowest BCUT2D eigenvalue weighted by Gasteiger charge is -2.09. The van der Waals surface area contributed by atoms with Crippen molar-refractivity contribution in [3.05, 3.63) is 40.4 Å². The number of benzene rings is 1. The number of aryl methyl sites for hydroxylation is 4. The monoisotopic (exact) mass is 230 g/mol. The summed E-state index contributed by atoms with van der Waals surface area (Å²) in [5.74, 6) is 1.44. The fraction of sp³-hybridized carbons (Fsp3) is 0.357. The van der Waals surface area contributed by atoms with Gasteiger partial charge in [-0.2, -0.15) is 0 Å². The predicted molar refractivity (Wildman–Crippen MR) is 68.8 cm³/mol. The number of nitrogens with two attached hydrogens (primary N) is 1. The number of hydrogen-bond donors (Lipinski definition) is 1. The summed E-state index contributed by atoms with van der Waals surface area (Å²) in [6, 6.07) is 4.32. The maximum Gasteiger partial charge on any atom is 0.208 e. The molecule has 0 saturated carbocycles. The molecule has 2 N–H and O–H groups in total. The zero-order valence-electron chi connectivity index (χ0n) is 10.8. The molecule has 17 heavy (non-hydrogen) atoms. The number of nitrogens with zero attached hydrogens (tertiary/aromatic N) is 1. The van der Waals surface area contributed by atoms with E-state index in [4.69, 9.17) is 10.2 Å². The van der Waals surface area contributed by atoms with Crippen LogP contribution >= 0.6 is 0 Å². The second kappa shape index (κ2) is 4.34. The van der Waals surface area contributed by atoms with Crippen molar-refractivity contribution in [2.45, 2.75) is 34.2 Å². The van der Waals surface area contributed by atoms with Crippen molar-refractivity contribution >= 4 is 0 Å². The lowest BCUT2D eigenvalue weighted by Crippen LogP contribution is -1.95. The summed E-state index contributed by atoms with van der Waals surface area (Å²) in [6.45, 7) is 8.59. The molecule has 0 bridgehead atoms. The average molecular weight is 230 g/mol. The minimum Gasteiger partial charge on any atom is -0.439 e. The standard InChI is InChI=1S/C14H18N2O/c1-8-5-9(2)13(10(3)6-8)14-11(4)16-12(7-15)17-14/h5-6H,7,15H2,1-4H3. The molecule has 0 fully saturated rings. The van der Waals surface area contributed by atoms with Crippen LogP contribution in [0.15, 0.2) is 16.5 Å². The molecule has 0 radical (unpaired) electrons. The zero-order valence-corrected chi connectivity index (χ0v) is 10.8. The van der Waals surface area contributed by atoms with Gasteiger partial charge in [0.2, 0.25) is 5.89 Å². The number of oxazole rings is 1. The van der Waals surface area contributed by atoms with Gasteiger partial charge in [-0.3, -0.25) is 0 Å². The van der Waals surface area contributed by atoms with Crippen LogP contribution in [0.1, 0.15) is 28.3 Å². The predicted octanol–water partition coefficient (Wildman–Crippen LogP) is 3.03. The van der Waals surface area contributed by atoms with Gasteiger partial charge in [-0.1, -0.05) is 17.7 Å². The molecule has 0 unspecified atom stereocenters. The lowest BCUT2D eigenvalue weighted by molar-refractivity contribution is 0.509. The minimum absolute atomic E-state index is 0.338. The Morgan fingerprint density at radius 1 is 1.12 bits per heavy atom. The van der Waals surface area contributed by atoms with Crippen LogP contribution in [0.5, 0.6) is 0 Å². The molecule has 1 aromatic carbocycles. The molecule has 0 aliphatic rings. The topological polar surface area (TPSA) is 52.0 Å². The smallest absolute Gasteiger partial charge is 0.208 e. The van der Waals surface area contributed by atoms with Crippen LogP contribution in [-0.4, -0.2) is 4.98 Å². The maximum absolute atomic E-state index is 5.72. The van der Waals surface area contributed by atoms with Crippen molar-refractivity contribution in [1.82, 2.24) is 4.98 Å². The summed E-state index contributed by atoms with van der Waals surface area (Å²) in [5, 5.41) is 0. The molecular weight excluding hydrogens is 212 g/mol. The fourth-order valence-corrected chi connectivity index (χ4v) is 2.31. The maximum atomic E-state index is 5.72. The van der Waals surface area contributed by atoms with Crippen molar-refractivity contribution in [2.24, 2.45) is 5.73 Å². The average Bonchev–Trinajstić information content (AvgIpc) is 2.59. The van der Waals surface area contributed by atoms with E-state index in [1.165, 1.54) is 16.7 Å². The Morgan fingerprint density at radius 2 is 1.71 bits per heavy atom. The van der Waals surface area contributed by atoms with Gasteiger partial charge >= 0.3 is 0 Å². The van der Waals surface area contributed by atoms with Crippen molar-refractivity contribution in [2.75, 3.05) is 0 Å². The van der Waals surface area contributed by atoms with Crippen LogP contribution in [0.3, 0.4) is 0 Å². The molecule has 3 heteroatoms. The minimum atomic E-state index is 0.338. The first kappa shape index (κ1) is 11.9. The Kier molecular flexibility index (Phi) is 3.03. The van der Waals surface area contributed by atoms with Gasteiger partial charge in [0, 0.05) is 5.56 Å². The number of rotatable bonds is 2. The first-order valence-corrected chi connectivity index (χ1v) is 5.77. The summed E-state index contributed by atoms with van der Waals surface area (Å²) < 4.78 is 5.72. The van der Waals surface area contributed by atoms with Crippen molar-refractivity contribution < 1.29 is 4.42 Å². The molecule has 1 aromatic heterocycles. The third-order valence-corrected chi connectivity index (χ3v) is 2.92. The van der Waals surface area contributed by atoms with E-state index in [1.54, 1.807) is 0 Å². The van der Waals surface area contributed by atoms with Gasteiger partial charge in [0.15, 0.2) is 5.76 Å². The van der Waals surface area contributed by atoms with Crippen LogP contribution in [-0.2, 0) is 6.54 Å². The van der Waals surface area contributed by atoms with Crippen molar-refractivity contribution in [3.8, 4) is 11.3 Å². The lowest BCUT2D eigenvalue weighted by atomic mass is 9.97. The van der Waals surface area contributed by atoms with Crippen molar-refractivity contribution in [1.29, 1.82) is 0 Å². The molecule has 2 rings (SSSR count). The second-order valence-corrected chi connectivity index (χ2v) is 4.50. The Hall–Kier alpha value is -1.61. The van der Waals surface area contributed by atoms with E-state index < -0.39 is 0 Å². The van der Waals surface area contributed by atoms with Gasteiger partial charge in [-0.05, 0) is 38.8 Å². The van der Waals surface area contributed by atoms with E-state index in [9.17, 15) is 0 Å². The third-order valence-electron chi connectivity index (χ3n) is 2.92. The summed E-state index contributed by atoms with van der Waals surface area (Å²) in [6.07, 6.45) is 0. The zero-order chi connectivity index (χ0) is 12.6. The molecule has 3 nitrogen and oxygen atoms in total. The highest BCUT2D eigenvalue weighted by molar-refractivity contribution is 5.68. The fourth-order valence-electron chi connectivity index (χ4n) is 2.31. The molecule has 0 aliphatic heterocycles. The number of hydrogen-bond acceptors (Lipinski definition) is 3. The van der Waals surface area contributed by atoms with Crippen LogP contribution in [0.25, 0.3) is 11.3 Å². The molecule has 1 heterocycles. The first-order valence-electron chi connectivity index (χ1n) is 5.77. The molecule has 0 aliphatic carbocycles. The van der Waals surface area contributed by atoms with Gasteiger partial charge < -0.3 is 10.2 Å². The van der Waals surface area contributed by atoms with Gasteiger partial charge in [0.05, 0.1) is 12.2 Å². The van der Waals surface area contributed by atoms with Gasteiger partial charge in [0.25, 0.3) is 0 Å². The summed E-state index contributed by atoms with van der Waals surface area (Å²) >= 11 is 0. The van der Waals surface area contributed by atoms with E-state index in [2.05, 4.69) is 37.9 Å². The van der Waals surface area contributed by atoms with E-state index in [-0.39, 0.29) is 0 Å². The Balaban J connectivity index is 2.63. The normalized spacial score (nSPS) is 10.9. The highest BCUT2D eigenvalue weighted by atomic mass is 16.4. The van der Waals surface area contributed by atoms with Gasteiger partial charge in [-0.15, -0.1) is 0 Å². The van der Waals surface area contributed by atoms with Crippen molar-refractivity contribution in [3.63, 3.8) is 0 Å². The quantitative estimate of drug-likeness (QED) is 0.862. The Morgan fingerprint density at radius 3 is 2.18 bits per heavy atom. The molecule has 2 aromatic rings. The Bertz CT molecular complexity index is 532.